The Balaban J connectivity index is 2.36. The molecule has 0 amide bonds. The predicted molar refractivity (Wildman–Crippen MR) is 60.9 cm³/mol. The number of rotatable bonds is 3. The largest absolute Gasteiger partial charge is 0.495 e. The maximum Gasteiger partial charge on any atom is 0.203 e. The van der Waals surface area contributed by atoms with Crippen molar-refractivity contribution in [3.05, 3.63) is 36.7 Å². The molecule has 1 heterocycles. The summed E-state index contributed by atoms with van der Waals surface area (Å²) in [6.45, 7) is 3.20. The molecular formula is C9H8N2O2S2. The Labute approximate surface area is 92.9 Å². The topological polar surface area (TPSA) is 62.2 Å². The van der Waals surface area contributed by atoms with Gasteiger partial charge in [0.2, 0.25) is 4.34 Å². The smallest absolute Gasteiger partial charge is 0.203 e. The molecule has 2 rings (SSSR count). The first-order chi connectivity index (χ1) is 7.16. The fourth-order valence-corrected chi connectivity index (χ4v) is 2.96. The van der Waals surface area contributed by atoms with Crippen LogP contribution in [0.1, 0.15) is 0 Å². The molecule has 78 valence electrons. The summed E-state index contributed by atoms with van der Waals surface area (Å²) in [6.07, 6.45) is 0. The van der Waals surface area contributed by atoms with Crippen LogP contribution >= 0.6 is 11.3 Å². The van der Waals surface area contributed by atoms with E-state index < -0.39 is 11.0 Å². The number of hydrogen-bond acceptors (Lipinski definition) is 4. The van der Waals surface area contributed by atoms with Crippen molar-refractivity contribution < 1.29 is 9.32 Å². The van der Waals surface area contributed by atoms with Crippen LogP contribution in [0.25, 0.3) is 10.2 Å². The monoisotopic (exact) mass is 240 g/mol. The van der Waals surface area contributed by atoms with Crippen LogP contribution in [0.4, 0.5) is 0 Å². The highest BCUT2D eigenvalue weighted by Gasteiger charge is 2.10. The van der Waals surface area contributed by atoms with Crippen molar-refractivity contribution in [1.82, 2.24) is 9.71 Å². The second-order valence-electron chi connectivity index (χ2n) is 2.76. The number of para-hydroxylation sites is 1. The Bertz CT molecular complexity index is 503. The average molecular weight is 240 g/mol. The van der Waals surface area contributed by atoms with Crippen LogP contribution in [0, 0.1) is 0 Å². The van der Waals surface area contributed by atoms with Crippen molar-refractivity contribution >= 4 is 32.5 Å². The van der Waals surface area contributed by atoms with Crippen molar-refractivity contribution in [3.63, 3.8) is 0 Å². The number of aromatic nitrogens is 1. The van der Waals surface area contributed by atoms with Gasteiger partial charge in [-0.15, -0.1) is 11.3 Å². The van der Waals surface area contributed by atoms with Gasteiger partial charge in [0, 0.05) is 0 Å². The molecule has 1 aromatic carbocycles. The van der Waals surface area contributed by atoms with E-state index in [4.69, 9.17) is 5.11 Å². The van der Waals surface area contributed by atoms with Crippen molar-refractivity contribution in [1.29, 1.82) is 0 Å². The zero-order valence-corrected chi connectivity index (χ0v) is 9.27. The molecule has 1 aromatic heterocycles. The number of hydrogen-bond donors (Lipinski definition) is 2. The first-order valence-corrected chi connectivity index (χ1v) is 6.05. The van der Waals surface area contributed by atoms with E-state index in [1.165, 1.54) is 11.3 Å². The highest BCUT2D eigenvalue weighted by atomic mass is 32.2. The minimum Gasteiger partial charge on any atom is -0.495 e. The molecule has 0 aliphatic rings. The third kappa shape index (κ3) is 2.16. The Morgan fingerprint density at radius 1 is 1.53 bits per heavy atom. The van der Waals surface area contributed by atoms with Gasteiger partial charge in [-0.3, -0.25) is 4.72 Å². The molecule has 15 heavy (non-hydrogen) atoms. The minimum atomic E-state index is -1.54. The lowest BCUT2D eigenvalue weighted by molar-refractivity contribution is 0.395. The minimum absolute atomic E-state index is 0.326. The van der Waals surface area contributed by atoms with Crippen molar-refractivity contribution in [2.24, 2.45) is 0 Å². The zero-order chi connectivity index (χ0) is 10.8. The number of nitrogens with zero attached hydrogens (tertiary/aromatic N) is 1. The molecule has 0 radical (unpaired) electrons. The van der Waals surface area contributed by atoms with E-state index in [9.17, 15) is 4.21 Å². The van der Waals surface area contributed by atoms with Gasteiger partial charge in [-0.1, -0.05) is 12.1 Å². The lowest BCUT2D eigenvalue weighted by atomic mass is 10.3. The summed E-state index contributed by atoms with van der Waals surface area (Å²) in [4.78, 5) is 4.17. The fourth-order valence-electron chi connectivity index (χ4n) is 1.08. The van der Waals surface area contributed by atoms with E-state index in [1.54, 1.807) is 0 Å². The Hall–Kier alpha value is -1.40. The number of benzene rings is 1. The fraction of sp³-hybridized carbons (Fsp3) is 0. The number of aliphatic hydroxyl groups is 1. The van der Waals surface area contributed by atoms with Crippen LogP contribution in [0.5, 0.6) is 0 Å². The highest BCUT2D eigenvalue weighted by Crippen LogP contribution is 2.23. The molecule has 2 N–H and O–H groups in total. The summed E-state index contributed by atoms with van der Waals surface area (Å²) in [5.41, 5.74) is 0.802. The molecule has 0 saturated carbocycles. The van der Waals surface area contributed by atoms with Gasteiger partial charge in [-0.25, -0.2) is 9.19 Å². The van der Waals surface area contributed by atoms with Gasteiger partial charge in [0.05, 0.1) is 10.2 Å². The van der Waals surface area contributed by atoms with Crippen LogP contribution in [0.2, 0.25) is 0 Å². The molecule has 0 bridgehead atoms. The first-order valence-electron chi connectivity index (χ1n) is 4.08. The molecule has 2 aromatic rings. The number of nitrogens with one attached hydrogen (secondary N) is 1. The predicted octanol–water partition coefficient (Wildman–Crippen LogP) is 1.94. The van der Waals surface area contributed by atoms with Crippen LogP contribution in [-0.2, 0) is 11.0 Å². The van der Waals surface area contributed by atoms with Gasteiger partial charge in [0.1, 0.15) is 0 Å². The Morgan fingerprint density at radius 3 is 2.93 bits per heavy atom. The summed E-state index contributed by atoms with van der Waals surface area (Å²) < 4.78 is 15.2. The Kier molecular flexibility index (Phi) is 2.70. The zero-order valence-electron chi connectivity index (χ0n) is 7.64. The van der Waals surface area contributed by atoms with E-state index in [-0.39, 0.29) is 5.88 Å². The van der Waals surface area contributed by atoms with E-state index in [0.29, 0.717) is 4.34 Å². The van der Waals surface area contributed by atoms with Crippen molar-refractivity contribution in [2.45, 2.75) is 4.34 Å². The van der Waals surface area contributed by atoms with Gasteiger partial charge < -0.3 is 5.11 Å². The second kappa shape index (κ2) is 4.00. The molecule has 4 nitrogen and oxygen atoms in total. The average Bonchev–Trinajstić information content (AvgIpc) is 2.59. The molecular weight excluding hydrogens is 232 g/mol. The van der Waals surface area contributed by atoms with Gasteiger partial charge >= 0.3 is 0 Å². The van der Waals surface area contributed by atoms with Gasteiger partial charge in [0.25, 0.3) is 0 Å². The van der Waals surface area contributed by atoms with E-state index in [2.05, 4.69) is 16.3 Å². The third-order valence-corrected chi connectivity index (χ3v) is 4.01. The number of fused-ring (bicyclic) bond motifs is 1. The standard InChI is InChI=1S/C9H8N2O2S2/c1-6(12)11-15(13)9-10-7-4-2-3-5-8(7)14-9/h2-5,11-12H,1H2. The van der Waals surface area contributed by atoms with Crippen molar-refractivity contribution in [2.75, 3.05) is 0 Å². The van der Waals surface area contributed by atoms with Crippen LogP contribution in [0.3, 0.4) is 0 Å². The maximum atomic E-state index is 11.6. The molecule has 0 aliphatic carbocycles. The summed E-state index contributed by atoms with van der Waals surface area (Å²) in [6, 6.07) is 7.51. The van der Waals surface area contributed by atoms with Gasteiger partial charge in [0.15, 0.2) is 16.9 Å². The van der Waals surface area contributed by atoms with E-state index >= 15 is 0 Å². The van der Waals surface area contributed by atoms with E-state index in [0.717, 1.165) is 10.2 Å². The summed E-state index contributed by atoms with van der Waals surface area (Å²) in [5, 5.41) is 8.84. The quantitative estimate of drug-likeness (QED) is 0.806. The molecule has 0 aliphatic heterocycles. The second-order valence-corrected chi connectivity index (χ2v) is 5.18. The highest BCUT2D eigenvalue weighted by molar-refractivity contribution is 7.85. The molecule has 1 unspecified atom stereocenters. The molecule has 6 heteroatoms. The SMILES string of the molecule is C=C(O)NS(=O)c1nc2ccccc2s1. The van der Waals surface area contributed by atoms with Crippen LogP contribution < -0.4 is 4.72 Å². The number of aliphatic hydroxyl groups excluding tert-OH is 1. The summed E-state index contributed by atoms with van der Waals surface area (Å²) in [5.74, 6) is -0.326. The summed E-state index contributed by atoms with van der Waals surface area (Å²) in [7, 11) is -1.54. The van der Waals surface area contributed by atoms with Gasteiger partial charge in [-0.05, 0) is 18.7 Å². The summed E-state index contributed by atoms with van der Waals surface area (Å²) >= 11 is 1.32. The van der Waals surface area contributed by atoms with Gasteiger partial charge in [-0.2, -0.15) is 0 Å². The lowest BCUT2D eigenvalue weighted by Crippen LogP contribution is -2.15. The molecule has 0 fully saturated rings. The molecule has 1 atom stereocenters. The van der Waals surface area contributed by atoms with Crippen LogP contribution in [0.15, 0.2) is 41.1 Å². The third-order valence-electron chi connectivity index (χ3n) is 1.64. The Morgan fingerprint density at radius 2 is 2.27 bits per heavy atom. The molecule has 0 spiro atoms. The molecule has 0 saturated heterocycles. The lowest BCUT2D eigenvalue weighted by Gasteiger charge is -1.98. The normalized spacial score (nSPS) is 12.5. The first kappa shape index (κ1) is 10.1. The van der Waals surface area contributed by atoms with Crippen LogP contribution in [-0.4, -0.2) is 14.3 Å². The van der Waals surface area contributed by atoms with Crippen molar-refractivity contribution in [3.8, 4) is 0 Å². The van der Waals surface area contributed by atoms with E-state index in [1.807, 2.05) is 24.3 Å². The number of thiazole rings is 1. The maximum absolute atomic E-state index is 11.6.